The Labute approximate surface area is 114 Å². The predicted octanol–water partition coefficient (Wildman–Crippen LogP) is 3.86. The lowest BCUT2D eigenvalue weighted by Crippen LogP contribution is -2.39. The molecule has 6 heteroatoms. The molecular formula is C13H24F3NOSi. The first kappa shape index (κ1) is 16.7. The minimum atomic E-state index is -4.24. The summed E-state index contributed by atoms with van der Waals surface area (Å²) in [6.45, 7) is 7.39. The third-order valence-corrected chi connectivity index (χ3v) is 7.78. The molecule has 112 valence electrons. The van der Waals surface area contributed by atoms with Gasteiger partial charge in [0, 0.05) is 6.04 Å². The second-order valence-electron chi connectivity index (χ2n) is 5.89. The van der Waals surface area contributed by atoms with Crippen molar-refractivity contribution in [2.75, 3.05) is 13.3 Å². The fourth-order valence-corrected chi connectivity index (χ4v) is 4.71. The zero-order chi connectivity index (χ0) is 14.5. The molecule has 0 aromatic carbocycles. The summed E-state index contributed by atoms with van der Waals surface area (Å²) < 4.78 is 40.2. The van der Waals surface area contributed by atoms with E-state index in [1.807, 2.05) is 0 Å². The molecule has 0 aliphatic heterocycles. The first-order valence-electron chi connectivity index (χ1n) is 6.76. The van der Waals surface area contributed by atoms with Gasteiger partial charge in [-0.05, 0) is 18.4 Å². The summed E-state index contributed by atoms with van der Waals surface area (Å²) in [5, 5.41) is 3.05. The number of rotatable bonds is 6. The van der Waals surface area contributed by atoms with E-state index >= 15 is 0 Å². The molecule has 1 rings (SSSR count). The molecule has 0 atom stereocenters. The average Bonchev–Trinajstić information content (AvgIpc) is 2.34. The Bertz CT molecular complexity index is 286. The molecule has 2 nitrogen and oxygen atoms in total. The lowest BCUT2D eigenvalue weighted by atomic mass is 9.95. The molecule has 0 radical (unpaired) electrons. The Balaban J connectivity index is 2.19. The van der Waals surface area contributed by atoms with Crippen LogP contribution in [0.1, 0.15) is 25.7 Å². The van der Waals surface area contributed by atoms with E-state index in [2.05, 4.69) is 35.4 Å². The Morgan fingerprint density at radius 1 is 1.26 bits per heavy atom. The molecule has 0 saturated heterocycles. The van der Waals surface area contributed by atoms with Gasteiger partial charge in [0.25, 0.3) is 0 Å². The maximum Gasteiger partial charge on any atom is 0.411 e. The van der Waals surface area contributed by atoms with Crippen LogP contribution in [0.15, 0.2) is 12.3 Å². The number of alkyl halides is 3. The van der Waals surface area contributed by atoms with Gasteiger partial charge in [0.2, 0.25) is 0 Å². The van der Waals surface area contributed by atoms with Gasteiger partial charge in [-0.15, -0.1) is 12.3 Å². The van der Waals surface area contributed by atoms with Gasteiger partial charge in [-0.3, -0.25) is 5.32 Å². The quantitative estimate of drug-likeness (QED) is 0.456. The smallest absolute Gasteiger partial charge is 0.357 e. The highest BCUT2D eigenvalue weighted by Gasteiger charge is 2.32. The molecule has 0 aromatic rings. The number of halogens is 3. The van der Waals surface area contributed by atoms with Crippen LogP contribution >= 0.6 is 0 Å². The van der Waals surface area contributed by atoms with Gasteiger partial charge < -0.3 is 4.74 Å². The number of ether oxygens (including phenoxy) is 1. The van der Waals surface area contributed by atoms with Crippen molar-refractivity contribution in [2.45, 2.75) is 56.5 Å². The van der Waals surface area contributed by atoms with Crippen LogP contribution in [0.25, 0.3) is 0 Å². The molecule has 1 saturated carbocycles. The minimum absolute atomic E-state index is 0.0167. The van der Waals surface area contributed by atoms with Crippen molar-refractivity contribution in [2.24, 2.45) is 0 Å². The van der Waals surface area contributed by atoms with Crippen molar-refractivity contribution >= 4 is 8.07 Å². The Hall–Kier alpha value is -0.333. The third kappa shape index (κ3) is 6.10. The first-order chi connectivity index (χ1) is 8.74. The SMILES string of the molecule is C=C[Si](C)(C)C1CCC(NCOCC(F)(F)F)CC1. The van der Waals surface area contributed by atoms with E-state index in [0.29, 0.717) is 6.04 Å². The van der Waals surface area contributed by atoms with Gasteiger partial charge in [-0.1, -0.05) is 25.9 Å². The van der Waals surface area contributed by atoms with Crippen LogP contribution in [0.3, 0.4) is 0 Å². The van der Waals surface area contributed by atoms with E-state index < -0.39 is 20.9 Å². The monoisotopic (exact) mass is 295 g/mol. The van der Waals surface area contributed by atoms with E-state index in [1.165, 1.54) is 0 Å². The third-order valence-electron chi connectivity index (χ3n) is 4.05. The minimum Gasteiger partial charge on any atom is -0.357 e. The van der Waals surface area contributed by atoms with Crippen LogP contribution in [0, 0.1) is 0 Å². The fraction of sp³-hybridized carbons (Fsp3) is 0.846. The molecule has 1 N–H and O–H groups in total. The molecule has 0 unspecified atom stereocenters. The molecule has 0 bridgehead atoms. The van der Waals surface area contributed by atoms with Crippen LogP contribution in [-0.2, 0) is 4.74 Å². The summed E-state index contributed by atoms with van der Waals surface area (Å²) in [5.74, 6) is 0. The maximum absolute atomic E-state index is 11.9. The van der Waals surface area contributed by atoms with Crippen molar-refractivity contribution in [3.05, 3.63) is 12.3 Å². The molecule has 0 aromatic heterocycles. The zero-order valence-corrected chi connectivity index (χ0v) is 12.7. The van der Waals surface area contributed by atoms with E-state index in [-0.39, 0.29) is 6.73 Å². The van der Waals surface area contributed by atoms with Crippen LogP contribution in [-0.4, -0.2) is 33.6 Å². The van der Waals surface area contributed by atoms with Crippen molar-refractivity contribution in [1.29, 1.82) is 0 Å². The molecule has 19 heavy (non-hydrogen) atoms. The van der Waals surface area contributed by atoms with E-state index in [0.717, 1.165) is 31.2 Å². The number of hydrogen-bond acceptors (Lipinski definition) is 2. The maximum atomic E-state index is 11.9. The Morgan fingerprint density at radius 3 is 2.32 bits per heavy atom. The first-order valence-corrected chi connectivity index (χ1v) is 9.91. The summed E-state index contributed by atoms with van der Waals surface area (Å²) in [7, 11) is -1.31. The van der Waals surface area contributed by atoms with E-state index in [9.17, 15) is 13.2 Å². The largest absolute Gasteiger partial charge is 0.411 e. The lowest BCUT2D eigenvalue weighted by molar-refractivity contribution is -0.176. The molecule has 0 heterocycles. The highest BCUT2D eigenvalue weighted by atomic mass is 28.3. The van der Waals surface area contributed by atoms with E-state index in [4.69, 9.17) is 0 Å². The average molecular weight is 295 g/mol. The highest BCUT2D eigenvalue weighted by molar-refractivity contribution is 6.83. The summed E-state index contributed by atoms with van der Waals surface area (Å²) >= 11 is 0. The van der Waals surface area contributed by atoms with Crippen LogP contribution < -0.4 is 5.32 Å². The standard InChI is InChI=1S/C13H24F3NOSi/c1-4-19(2,3)12-7-5-11(6-8-12)17-10-18-9-13(14,15)16/h4,11-12,17H,1,5-10H2,2-3H3. The van der Waals surface area contributed by atoms with E-state index in [1.54, 1.807) is 0 Å². The lowest BCUT2D eigenvalue weighted by Gasteiger charge is -2.36. The van der Waals surface area contributed by atoms with Gasteiger partial charge in [-0.25, -0.2) is 0 Å². The molecular weight excluding hydrogens is 271 g/mol. The molecule has 1 aliphatic rings. The van der Waals surface area contributed by atoms with Crippen LogP contribution in [0.5, 0.6) is 0 Å². The van der Waals surface area contributed by atoms with Crippen molar-refractivity contribution in [3.63, 3.8) is 0 Å². The highest BCUT2D eigenvalue weighted by Crippen LogP contribution is 2.37. The van der Waals surface area contributed by atoms with Crippen molar-refractivity contribution in [3.8, 4) is 0 Å². The molecule has 0 spiro atoms. The Kier molecular flexibility index (Phi) is 6.07. The van der Waals surface area contributed by atoms with Gasteiger partial charge in [-0.2, -0.15) is 13.2 Å². The van der Waals surface area contributed by atoms with Gasteiger partial charge in [0.05, 0.1) is 14.8 Å². The van der Waals surface area contributed by atoms with Crippen LogP contribution in [0.2, 0.25) is 18.6 Å². The molecule has 1 fully saturated rings. The van der Waals surface area contributed by atoms with Crippen LogP contribution in [0.4, 0.5) is 13.2 Å². The molecule has 1 aliphatic carbocycles. The van der Waals surface area contributed by atoms with Crippen molar-refractivity contribution in [1.82, 2.24) is 5.32 Å². The second-order valence-corrected chi connectivity index (χ2v) is 10.8. The molecule has 0 amide bonds. The summed E-state index contributed by atoms with van der Waals surface area (Å²) in [6.07, 6.45) is 0.0813. The van der Waals surface area contributed by atoms with Gasteiger partial charge >= 0.3 is 6.18 Å². The Morgan fingerprint density at radius 2 is 1.84 bits per heavy atom. The zero-order valence-electron chi connectivity index (χ0n) is 11.7. The predicted molar refractivity (Wildman–Crippen MR) is 73.7 cm³/mol. The van der Waals surface area contributed by atoms with Gasteiger partial charge in [0.1, 0.15) is 6.61 Å². The number of hydrogen-bond donors (Lipinski definition) is 1. The summed E-state index contributed by atoms with van der Waals surface area (Å²) in [4.78, 5) is 0. The van der Waals surface area contributed by atoms with Gasteiger partial charge in [0.15, 0.2) is 0 Å². The van der Waals surface area contributed by atoms with Crippen molar-refractivity contribution < 1.29 is 17.9 Å². The summed E-state index contributed by atoms with van der Waals surface area (Å²) in [6, 6.07) is 0.291. The topological polar surface area (TPSA) is 21.3 Å². The second kappa shape index (κ2) is 6.90. The summed E-state index contributed by atoms with van der Waals surface area (Å²) in [5.41, 5.74) is 2.89. The number of nitrogens with one attached hydrogen (secondary N) is 1. The fourth-order valence-electron chi connectivity index (χ4n) is 2.55. The normalized spacial score (nSPS) is 25.3.